The van der Waals surface area contributed by atoms with Gasteiger partial charge in [-0.05, 0) is 36.0 Å². The Bertz CT molecular complexity index is 569. The summed E-state index contributed by atoms with van der Waals surface area (Å²) < 4.78 is 4.86. The van der Waals surface area contributed by atoms with Gasteiger partial charge in [0.2, 0.25) is 5.91 Å². The summed E-state index contributed by atoms with van der Waals surface area (Å²) in [4.78, 5) is 33.5. The van der Waals surface area contributed by atoms with Gasteiger partial charge in [0.25, 0.3) is 5.91 Å². The van der Waals surface area contributed by atoms with E-state index in [0.717, 1.165) is 24.8 Å². The summed E-state index contributed by atoms with van der Waals surface area (Å²) in [6.45, 7) is 0.851. The molecule has 0 unspecified atom stereocenters. The topological polar surface area (TPSA) is 84.5 Å². The fraction of sp³-hybridized carbons (Fsp3) is 0.400. The molecule has 6 heteroatoms. The van der Waals surface area contributed by atoms with Gasteiger partial charge in [0.1, 0.15) is 0 Å². The van der Waals surface area contributed by atoms with Crippen LogP contribution in [0.4, 0.5) is 0 Å². The van der Waals surface area contributed by atoms with Gasteiger partial charge in [0.05, 0.1) is 6.42 Å². The van der Waals surface area contributed by atoms with Crippen molar-refractivity contribution >= 4 is 17.8 Å². The molecule has 112 valence electrons. The van der Waals surface area contributed by atoms with E-state index in [1.807, 2.05) is 12.1 Å². The van der Waals surface area contributed by atoms with Gasteiger partial charge in [-0.3, -0.25) is 25.2 Å². The molecule has 2 N–H and O–H groups in total. The summed E-state index contributed by atoms with van der Waals surface area (Å²) in [6, 6.07) is 6.00. The molecule has 1 aromatic carbocycles. The van der Waals surface area contributed by atoms with E-state index in [1.165, 1.54) is 18.1 Å². The first-order chi connectivity index (χ1) is 10.0. The summed E-state index contributed by atoms with van der Waals surface area (Å²) >= 11 is 0. The van der Waals surface area contributed by atoms with Crippen molar-refractivity contribution in [2.75, 3.05) is 6.61 Å². The summed E-state index contributed by atoms with van der Waals surface area (Å²) in [7, 11) is 0. The molecule has 0 aromatic heterocycles. The van der Waals surface area contributed by atoms with Gasteiger partial charge in [-0.2, -0.15) is 0 Å². The fourth-order valence-corrected chi connectivity index (χ4v) is 2.29. The number of hydrazine groups is 1. The molecule has 0 aliphatic heterocycles. The second-order valence-electron chi connectivity index (χ2n) is 5.02. The molecule has 0 saturated heterocycles. The second kappa shape index (κ2) is 6.88. The zero-order chi connectivity index (χ0) is 15.2. The zero-order valence-electron chi connectivity index (χ0n) is 11.9. The zero-order valence-corrected chi connectivity index (χ0v) is 11.9. The average molecular weight is 290 g/mol. The van der Waals surface area contributed by atoms with Crippen molar-refractivity contribution in [3.8, 4) is 0 Å². The van der Waals surface area contributed by atoms with Crippen LogP contribution >= 0.6 is 0 Å². The Morgan fingerprint density at radius 1 is 1.14 bits per heavy atom. The molecule has 0 saturated carbocycles. The van der Waals surface area contributed by atoms with Crippen LogP contribution in [0.3, 0.4) is 0 Å². The molecule has 6 nitrogen and oxygen atoms in total. The Morgan fingerprint density at radius 3 is 2.67 bits per heavy atom. The van der Waals surface area contributed by atoms with E-state index in [1.54, 1.807) is 0 Å². The molecule has 2 rings (SSSR count). The minimum Gasteiger partial charge on any atom is -0.455 e. The third-order valence-corrected chi connectivity index (χ3v) is 3.25. The number of benzene rings is 1. The molecule has 1 aliphatic rings. The molecular weight excluding hydrogens is 272 g/mol. The Morgan fingerprint density at radius 2 is 1.90 bits per heavy atom. The summed E-state index contributed by atoms with van der Waals surface area (Å²) in [5.74, 6) is -1.44. The Hall–Kier alpha value is -2.37. The van der Waals surface area contributed by atoms with Gasteiger partial charge in [0.15, 0.2) is 6.61 Å². The van der Waals surface area contributed by atoms with Crippen LogP contribution in [0.2, 0.25) is 0 Å². The normalized spacial score (nSPS) is 12.4. The predicted molar refractivity (Wildman–Crippen MR) is 75.1 cm³/mol. The summed E-state index contributed by atoms with van der Waals surface area (Å²) in [5.41, 5.74) is 7.77. The van der Waals surface area contributed by atoms with Crippen LogP contribution in [0.25, 0.3) is 0 Å². The van der Waals surface area contributed by atoms with Crippen molar-refractivity contribution < 1.29 is 19.1 Å². The maximum atomic E-state index is 11.7. The number of hydrogen-bond acceptors (Lipinski definition) is 4. The molecule has 0 spiro atoms. The maximum absolute atomic E-state index is 11.7. The highest BCUT2D eigenvalue weighted by Gasteiger charge is 2.13. The van der Waals surface area contributed by atoms with Crippen molar-refractivity contribution in [3.05, 3.63) is 34.9 Å². The Labute approximate surface area is 122 Å². The number of fused-ring (bicyclic) bond motifs is 1. The van der Waals surface area contributed by atoms with Crippen molar-refractivity contribution in [1.29, 1.82) is 0 Å². The lowest BCUT2D eigenvalue weighted by molar-refractivity contribution is -0.148. The molecule has 1 aliphatic carbocycles. The minimum atomic E-state index is -0.576. The highest BCUT2D eigenvalue weighted by molar-refractivity contribution is 5.83. The molecule has 0 heterocycles. The molecule has 0 atom stereocenters. The van der Waals surface area contributed by atoms with Gasteiger partial charge in [-0.1, -0.05) is 18.2 Å². The van der Waals surface area contributed by atoms with E-state index >= 15 is 0 Å². The van der Waals surface area contributed by atoms with Gasteiger partial charge < -0.3 is 4.74 Å². The molecule has 0 fully saturated rings. The van der Waals surface area contributed by atoms with E-state index in [9.17, 15) is 14.4 Å². The first-order valence-corrected chi connectivity index (χ1v) is 6.86. The highest BCUT2D eigenvalue weighted by atomic mass is 16.5. The number of esters is 1. The lowest BCUT2D eigenvalue weighted by Gasteiger charge is -2.07. The monoisotopic (exact) mass is 290 g/mol. The molecule has 0 bridgehead atoms. The third kappa shape index (κ3) is 4.59. The maximum Gasteiger partial charge on any atom is 0.310 e. The highest BCUT2D eigenvalue weighted by Crippen LogP contribution is 2.23. The number of amides is 2. The number of hydrogen-bond donors (Lipinski definition) is 2. The first-order valence-electron chi connectivity index (χ1n) is 6.86. The van der Waals surface area contributed by atoms with Gasteiger partial charge in [-0.25, -0.2) is 0 Å². The van der Waals surface area contributed by atoms with E-state index in [2.05, 4.69) is 16.9 Å². The SMILES string of the molecule is CC(=O)NNC(=O)COC(=O)Cc1ccc2c(c1)CCC2. The van der Waals surface area contributed by atoms with Crippen molar-refractivity contribution in [1.82, 2.24) is 10.9 Å². The van der Waals surface area contributed by atoms with Gasteiger partial charge >= 0.3 is 5.97 Å². The number of nitrogens with one attached hydrogen (secondary N) is 2. The second-order valence-corrected chi connectivity index (χ2v) is 5.02. The standard InChI is InChI=1S/C15H18N2O4/c1-10(18)16-17-14(19)9-21-15(20)8-11-5-6-12-3-2-4-13(12)7-11/h5-7H,2-4,8-9H2,1H3,(H,16,18)(H,17,19). The molecule has 21 heavy (non-hydrogen) atoms. The molecule has 0 radical (unpaired) electrons. The number of carbonyl (C=O) groups excluding carboxylic acids is 3. The lowest BCUT2D eigenvalue weighted by Crippen LogP contribution is -2.42. The lowest BCUT2D eigenvalue weighted by atomic mass is 10.0. The van der Waals surface area contributed by atoms with Crippen LogP contribution in [0.5, 0.6) is 0 Å². The third-order valence-electron chi connectivity index (χ3n) is 3.25. The van der Waals surface area contributed by atoms with Gasteiger partial charge in [-0.15, -0.1) is 0 Å². The van der Waals surface area contributed by atoms with Crippen LogP contribution in [0, 0.1) is 0 Å². The van der Waals surface area contributed by atoms with Crippen LogP contribution in [-0.2, 0) is 38.4 Å². The Kier molecular flexibility index (Phi) is 4.92. The first kappa shape index (κ1) is 15.0. The van der Waals surface area contributed by atoms with Crippen LogP contribution in [0.1, 0.15) is 30.0 Å². The fourth-order valence-electron chi connectivity index (χ4n) is 2.29. The number of rotatable bonds is 4. The Balaban J connectivity index is 1.77. The van der Waals surface area contributed by atoms with E-state index in [-0.39, 0.29) is 6.42 Å². The van der Waals surface area contributed by atoms with Crippen LogP contribution in [-0.4, -0.2) is 24.4 Å². The van der Waals surface area contributed by atoms with E-state index in [0.29, 0.717) is 0 Å². The largest absolute Gasteiger partial charge is 0.455 e. The predicted octanol–water partition coefficient (Wildman–Crippen LogP) is 0.428. The number of aryl methyl sites for hydroxylation is 2. The van der Waals surface area contributed by atoms with Crippen molar-refractivity contribution in [2.24, 2.45) is 0 Å². The van der Waals surface area contributed by atoms with Gasteiger partial charge in [0, 0.05) is 6.92 Å². The van der Waals surface area contributed by atoms with Crippen LogP contribution < -0.4 is 10.9 Å². The minimum absolute atomic E-state index is 0.140. The molecular formula is C15H18N2O4. The smallest absolute Gasteiger partial charge is 0.310 e. The quantitative estimate of drug-likeness (QED) is 0.622. The average Bonchev–Trinajstić information content (AvgIpc) is 2.90. The van der Waals surface area contributed by atoms with Crippen molar-refractivity contribution in [2.45, 2.75) is 32.6 Å². The number of ether oxygens (including phenoxy) is 1. The number of carbonyl (C=O) groups is 3. The van der Waals surface area contributed by atoms with E-state index in [4.69, 9.17) is 4.74 Å². The van der Waals surface area contributed by atoms with Crippen LogP contribution in [0.15, 0.2) is 18.2 Å². The van der Waals surface area contributed by atoms with E-state index < -0.39 is 24.4 Å². The molecule has 2 amide bonds. The molecule has 1 aromatic rings. The summed E-state index contributed by atoms with van der Waals surface area (Å²) in [6.07, 6.45) is 3.45. The van der Waals surface area contributed by atoms with Crippen molar-refractivity contribution in [3.63, 3.8) is 0 Å². The summed E-state index contributed by atoms with van der Waals surface area (Å²) in [5, 5.41) is 0.